The molecule has 1 unspecified atom stereocenters. The maximum Gasteiger partial charge on any atom is 0.0588 e. The minimum Gasteiger partial charge on any atom is -0.393 e. The molecule has 0 radical (unpaired) electrons. The number of rotatable bonds is 5. The monoisotopic (exact) mass is 240 g/mol. The van der Waals surface area contributed by atoms with Crippen LogP contribution in [0.2, 0.25) is 0 Å². The summed E-state index contributed by atoms with van der Waals surface area (Å²) >= 11 is 1.91. The summed E-state index contributed by atoms with van der Waals surface area (Å²) in [5.41, 5.74) is 0.0179. The predicted molar refractivity (Wildman–Crippen MR) is 72.1 cm³/mol. The van der Waals surface area contributed by atoms with Gasteiger partial charge in [-0.2, -0.15) is 0 Å². The van der Waals surface area contributed by atoms with Gasteiger partial charge in [-0.05, 0) is 43.2 Å². The van der Waals surface area contributed by atoms with Gasteiger partial charge in [0, 0.05) is 9.75 Å². The summed E-state index contributed by atoms with van der Waals surface area (Å²) in [5, 5.41) is 9.92. The maximum absolute atomic E-state index is 9.92. The molecular formula is C14H24OS. The van der Waals surface area contributed by atoms with Gasteiger partial charge in [0.15, 0.2) is 0 Å². The molecule has 0 aromatic carbocycles. The van der Waals surface area contributed by atoms with E-state index in [1.807, 2.05) is 11.3 Å². The lowest BCUT2D eigenvalue weighted by molar-refractivity contribution is 0.0541. The van der Waals surface area contributed by atoms with Crippen molar-refractivity contribution in [3.05, 3.63) is 21.9 Å². The molecule has 0 fully saturated rings. The van der Waals surface area contributed by atoms with Crippen molar-refractivity contribution in [2.45, 2.75) is 59.5 Å². The number of aliphatic hydroxyl groups is 1. The van der Waals surface area contributed by atoms with Crippen LogP contribution in [0.15, 0.2) is 12.1 Å². The van der Waals surface area contributed by atoms with Crippen LogP contribution in [0.5, 0.6) is 0 Å². The van der Waals surface area contributed by atoms with Crippen molar-refractivity contribution in [1.29, 1.82) is 0 Å². The van der Waals surface area contributed by atoms with E-state index in [9.17, 15) is 5.11 Å². The molecular weight excluding hydrogens is 216 g/mol. The molecule has 0 spiro atoms. The summed E-state index contributed by atoms with van der Waals surface area (Å²) < 4.78 is 0. The molecule has 1 N–H and O–H groups in total. The average Bonchev–Trinajstić information content (AvgIpc) is 2.64. The van der Waals surface area contributed by atoms with E-state index in [1.165, 1.54) is 9.75 Å². The minimum absolute atomic E-state index is 0.0179. The second kappa shape index (κ2) is 5.83. The number of aliphatic hydroxyl groups excluding tert-OH is 1. The second-order valence-electron chi connectivity index (χ2n) is 5.50. The topological polar surface area (TPSA) is 20.2 Å². The van der Waals surface area contributed by atoms with E-state index in [-0.39, 0.29) is 11.5 Å². The van der Waals surface area contributed by atoms with Gasteiger partial charge in [0.05, 0.1) is 6.10 Å². The Morgan fingerprint density at radius 3 is 2.38 bits per heavy atom. The van der Waals surface area contributed by atoms with Gasteiger partial charge in [-0.15, -0.1) is 11.3 Å². The van der Waals surface area contributed by atoms with E-state index in [0.29, 0.717) is 0 Å². The normalized spacial score (nSPS) is 14.1. The third-order valence-electron chi connectivity index (χ3n) is 2.97. The van der Waals surface area contributed by atoms with Gasteiger partial charge in [-0.25, -0.2) is 0 Å². The van der Waals surface area contributed by atoms with Crippen LogP contribution in [-0.4, -0.2) is 11.2 Å². The SMILES string of the molecule is CCc1ccc(CCCC(O)C(C)(C)C)s1. The lowest BCUT2D eigenvalue weighted by Crippen LogP contribution is -2.25. The molecule has 1 nitrogen and oxygen atoms in total. The standard InChI is InChI=1S/C14H24OS/c1-5-11-9-10-12(16-11)7-6-8-13(15)14(2,3)4/h9-10,13,15H,5-8H2,1-4H3. The average molecular weight is 240 g/mol. The van der Waals surface area contributed by atoms with Gasteiger partial charge in [-0.1, -0.05) is 27.7 Å². The highest BCUT2D eigenvalue weighted by Gasteiger charge is 2.21. The van der Waals surface area contributed by atoms with Crippen molar-refractivity contribution in [1.82, 2.24) is 0 Å². The summed E-state index contributed by atoms with van der Waals surface area (Å²) in [5.74, 6) is 0. The fraction of sp³-hybridized carbons (Fsp3) is 0.714. The van der Waals surface area contributed by atoms with Crippen LogP contribution in [0.25, 0.3) is 0 Å². The van der Waals surface area contributed by atoms with Crippen LogP contribution < -0.4 is 0 Å². The first-order valence-electron chi connectivity index (χ1n) is 6.19. The third-order valence-corrected chi connectivity index (χ3v) is 4.26. The lowest BCUT2D eigenvalue weighted by Gasteiger charge is -2.25. The molecule has 1 aromatic rings. The zero-order chi connectivity index (χ0) is 12.2. The van der Waals surface area contributed by atoms with E-state index in [4.69, 9.17) is 0 Å². The second-order valence-corrected chi connectivity index (χ2v) is 6.75. The first kappa shape index (κ1) is 13.7. The molecule has 0 aliphatic carbocycles. The van der Waals surface area contributed by atoms with Crippen LogP contribution in [-0.2, 0) is 12.8 Å². The first-order valence-corrected chi connectivity index (χ1v) is 7.00. The Balaban J connectivity index is 2.30. The highest BCUT2D eigenvalue weighted by molar-refractivity contribution is 7.11. The Morgan fingerprint density at radius 1 is 1.25 bits per heavy atom. The molecule has 1 heterocycles. The van der Waals surface area contributed by atoms with Gasteiger partial charge in [0.2, 0.25) is 0 Å². The molecule has 0 saturated heterocycles. The molecule has 1 rings (SSSR count). The smallest absolute Gasteiger partial charge is 0.0588 e. The van der Waals surface area contributed by atoms with E-state index in [1.54, 1.807) is 0 Å². The zero-order valence-corrected chi connectivity index (χ0v) is 11.7. The van der Waals surface area contributed by atoms with Gasteiger partial charge in [0.25, 0.3) is 0 Å². The molecule has 0 bridgehead atoms. The third kappa shape index (κ3) is 4.26. The minimum atomic E-state index is -0.182. The summed E-state index contributed by atoms with van der Waals surface area (Å²) in [6.45, 7) is 8.48. The number of aryl methyl sites for hydroxylation is 2. The van der Waals surface area contributed by atoms with Crippen molar-refractivity contribution in [3.63, 3.8) is 0 Å². The van der Waals surface area contributed by atoms with Crippen LogP contribution in [0.3, 0.4) is 0 Å². The van der Waals surface area contributed by atoms with Crippen molar-refractivity contribution in [2.75, 3.05) is 0 Å². The first-order chi connectivity index (χ1) is 7.43. The lowest BCUT2D eigenvalue weighted by atomic mass is 9.86. The van der Waals surface area contributed by atoms with Crippen LogP contribution in [0.4, 0.5) is 0 Å². The molecule has 2 heteroatoms. The summed E-state index contributed by atoms with van der Waals surface area (Å²) in [7, 11) is 0. The molecule has 0 saturated carbocycles. The maximum atomic E-state index is 9.92. The van der Waals surface area contributed by atoms with Gasteiger partial charge < -0.3 is 5.11 Å². The van der Waals surface area contributed by atoms with Gasteiger partial charge in [-0.3, -0.25) is 0 Å². The molecule has 92 valence electrons. The molecule has 0 amide bonds. The van der Waals surface area contributed by atoms with Crippen molar-refractivity contribution < 1.29 is 5.11 Å². The Morgan fingerprint density at radius 2 is 1.88 bits per heavy atom. The van der Waals surface area contributed by atoms with Crippen LogP contribution >= 0.6 is 11.3 Å². The number of hydrogen-bond acceptors (Lipinski definition) is 2. The summed E-state index contributed by atoms with van der Waals surface area (Å²) in [6, 6.07) is 4.45. The van der Waals surface area contributed by atoms with Crippen molar-refractivity contribution >= 4 is 11.3 Å². The molecule has 16 heavy (non-hydrogen) atoms. The number of hydrogen-bond donors (Lipinski definition) is 1. The van der Waals surface area contributed by atoms with E-state index < -0.39 is 0 Å². The fourth-order valence-corrected chi connectivity index (χ4v) is 2.65. The fourth-order valence-electron chi connectivity index (χ4n) is 1.65. The van der Waals surface area contributed by atoms with Crippen molar-refractivity contribution in [3.8, 4) is 0 Å². The quantitative estimate of drug-likeness (QED) is 0.823. The molecule has 0 aliphatic rings. The van der Waals surface area contributed by atoms with Crippen molar-refractivity contribution in [2.24, 2.45) is 5.41 Å². The van der Waals surface area contributed by atoms with E-state index in [2.05, 4.69) is 39.8 Å². The Labute approximate surface area is 104 Å². The zero-order valence-electron chi connectivity index (χ0n) is 10.9. The number of thiophene rings is 1. The van der Waals surface area contributed by atoms with Crippen LogP contribution in [0.1, 0.15) is 50.3 Å². The Bertz CT molecular complexity index is 309. The highest BCUT2D eigenvalue weighted by Crippen LogP contribution is 2.24. The largest absolute Gasteiger partial charge is 0.393 e. The van der Waals surface area contributed by atoms with Gasteiger partial charge >= 0.3 is 0 Å². The summed E-state index contributed by atoms with van der Waals surface area (Å²) in [4.78, 5) is 2.92. The molecule has 1 aromatic heterocycles. The Hall–Kier alpha value is -0.340. The molecule has 0 aliphatic heterocycles. The van der Waals surface area contributed by atoms with Crippen LogP contribution in [0, 0.1) is 5.41 Å². The van der Waals surface area contributed by atoms with E-state index in [0.717, 1.165) is 25.7 Å². The summed E-state index contributed by atoms with van der Waals surface area (Å²) in [6.07, 6.45) is 4.05. The molecule has 1 atom stereocenters. The highest BCUT2D eigenvalue weighted by atomic mass is 32.1. The Kier molecular flexibility index (Phi) is 5.00. The van der Waals surface area contributed by atoms with Gasteiger partial charge in [0.1, 0.15) is 0 Å². The van der Waals surface area contributed by atoms with E-state index >= 15 is 0 Å². The predicted octanol–water partition coefficient (Wildman–Crippen LogP) is 4.04.